The monoisotopic (exact) mass is 711 g/mol. The van der Waals surface area contributed by atoms with Gasteiger partial charge in [-0.1, -0.05) is 31.0 Å². The Morgan fingerprint density at radius 1 is 1.08 bits per heavy atom. The van der Waals surface area contributed by atoms with E-state index in [-0.39, 0.29) is 34.5 Å². The van der Waals surface area contributed by atoms with Gasteiger partial charge in [0.1, 0.15) is 5.75 Å². The number of ether oxygens (including phenoxy) is 2. The van der Waals surface area contributed by atoms with Crippen molar-refractivity contribution in [3.8, 4) is 5.75 Å². The minimum Gasteiger partial charge on any atom is -0.490 e. The Morgan fingerprint density at radius 3 is 2.69 bits per heavy atom. The first-order chi connectivity index (χ1) is 23.4. The van der Waals surface area contributed by atoms with E-state index >= 15 is 0 Å². The van der Waals surface area contributed by atoms with Crippen LogP contribution in [0, 0.1) is 17.8 Å². The quantitative estimate of drug-likeness (QED) is 0.378. The molecule has 5 aliphatic rings. The molecule has 0 aromatic heterocycles. The highest BCUT2D eigenvalue weighted by molar-refractivity contribution is 7.99. The Labute approximate surface area is 298 Å². The molecule has 1 spiro atoms. The van der Waals surface area contributed by atoms with Crippen molar-refractivity contribution < 1.29 is 23.6 Å². The van der Waals surface area contributed by atoms with Crippen LogP contribution in [0.3, 0.4) is 0 Å². The second-order valence-electron chi connectivity index (χ2n) is 16.0. The van der Waals surface area contributed by atoms with Gasteiger partial charge in [0.25, 0.3) is 5.91 Å². The summed E-state index contributed by atoms with van der Waals surface area (Å²) in [6, 6.07) is 11.9. The standard InChI is InChI=1S/C39H54ClN3O5S/c1-26-7-5-16-39(45,24-42-17-18-47-27(2)21-42)34-12-9-31(34)22-43-23-38(15-6-8-29-19-32(40)11-13-33(29)38)25-48-36-14-10-30(20-35(36)43)37(44)41-49(4,46)28(26)3/h10-11,13-14,19-20,26-28,31,34,45H,4-9,12,15-18,21-25H2,1-3H3,(H,41,44,46)/t26-,27-,28+,31-,34+,38-,39+,49?/m0/s1. The molecular weight excluding hydrogens is 658 g/mol. The first-order valence-electron chi connectivity index (χ1n) is 18.4. The number of aryl methyl sites for hydroxylation is 1. The van der Waals surface area contributed by atoms with Gasteiger partial charge < -0.3 is 19.5 Å². The topological polar surface area (TPSA) is 91.3 Å². The molecule has 8 nitrogen and oxygen atoms in total. The van der Waals surface area contributed by atoms with E-state index in [1.54, 1.807) is 6.07 Å². The van der Waals surface area contributed by atoms with Gasteiger partial charge in [-0.05, 0) is 124 Å². The summed E-state index contributed by atoms with van der Waals surface area (Å²) >= 11 is 6.48. The summed E-state index contributed by atoms with van der Waals surface area (Å²) in [5.74, 6) is 4.92. The number of morpholine rings is 1. The van der Waals surface area contributed by atoms with Crippen LogP contribution < -0.4 is 14.4 Å². The van der Waals surface area contributed by atoms with Gasteiger partial charge in [-0.3, -0.25) is 14.4 Å². The SMILES string of the molecule is C=S1(=O)NC(=O)c2ccc3c(c2)N(C[C@@H]2CC[C@H]2[C@](O)(CN2CCO[C@@H](C)C2)CCC[C@H](C)[C@H]1C)C[C@@]1(CCCc2cc(Cl)ccc21)CO3. The number of halogens is 1. The maximum absolute atomic E-state index is 13.9. The molecule has 2 N–H and O–H groups in total. The van der Waals surface area contributed by atoms with E-state index in [1.807, 2.05) is 25.1 Å². The summed E-state index contributed by atoms with van der Waals surface area (Å²) in [6.07, 6.45) is 7.53. The molecule has 7 rings (SSSR count). The Kier molecular flexibility index (Phi) is 9.80. The van der Waals surface area contributed by atoms with Crippen molar-refractivity contribution in [1.82, 2.24) is 9.62 Å². The molecule has 10 heteroatoms. The van der Waals surface area contributed by atoms with Crippen molar-refractivity contribution in [3.63, 3.8) is 0 Å². The summed E-state index contributed by atoms with van der Waals surface area (Å²) < 4.78 is 29.3. The Balaban J connectivity index is 1.29. The zero-order valence-electron chi connectivity index (χ0n) is 29.4. The number of rotatable bonds is 2. The molecule has 8 atom stereocenters. The smallest absolute Gasteiger partial charge is 0.262 e. The lowest BCUT2D eigenvalue weighted by Gasteiger charge is -2.52. The lowest BCUT2D eigenvalue weighted by molar-refractivity contribution is -0.121. The van der Waals surface area contributed by atoms with E-state index in [2.05, 4.69) is 46.4 Å². The number of aliphatic hydroxyl groups is 1. The molecule has 1 saturated heterocycles. The molecule has 2 aliphatic carbocycles. The summed E-state index contributed by atoms with van der Waals surface area (Å²) in [7, 11) is -2.94. The largest absolute Gasteiger partial charge is 0.490 e. The van der Waals surface area contributed by atoms with Crippen LogP contribution in [0.5, 0.6) is 5.75 Å². The number of anilines is 1. The fraction of sp³-hybridized carbons (Fsp3) is 0.641. The number of amides is 1. The first kappa shape index (κ1) is 35.1. The maximum Gasteiger partial charge on any atom is 0.262 e. The van der Waals surface area contributed by atoms with Gasteiger partial charge in [0.15, 0.2) is 0 Å². The van der Waals surface area contributed by atoms with Crippen LogP contribution in [0.4, 0.5) is 5.69 Å². The highest BCUT2D eigenvalue weighted by Gasteiger charge is 2.49. The minimum atomic E-state index is -2.94. The van der Waals surface area contributed by atoms with Gasteiger partial charge in [0.05, 0.1) is 40.3 Å². The molecule has 268 valence electrons. The number of benzene rings is 2. The van der Waals surface area contributed by atoms with Gasteiger partial charge in [-0.2, -0.15) is 0 Å². The van der Waals surface area contributed by atoms with Gasteiger partial charge in [0, 0.05) is 54.0 Å². The van der Waals surface area contributed by atoms with Crippen LogP contribution in [0.2, 0.25) is 5.02 Å². The van der Waals surface area contributed by atoms with Crippen LogP contribution in [0.1, 0.15) is 87.2 Å². The highest BCUT2D eigenvalue weighted by Crippen LogP contribution is 2.49. The molecule has 1 unspecified atom stereocenters. The number of nitrogens with one attached hydrogen (secondary N) is 1. The molecule has 1 saturated carbocycles. The number of hydrogen-bond acceptors (Lipinski definition) is 7. The van der Waals surface area contributed by atoms with Gasteiger partial charge >= 0.3 is 0 Å². The molecule has 1 amide bonds. The van der Waals surface area contributed by atoms with Crippen LogP contribution in [-0.2, 0) is 26.3 Å². The third-order valence-electron chi connectivity index (χ3n) is 12.6. The normalized spacial score (nSPS) is 37.2. The number of carbonyl (C=O) groups is 1. The third-order valence-corrected chi connectivity index (χ3v) is 15.1. The van der Waals surface area contributed by atoms with E-state index in [0.29, 0.717) is 37.7 Å². The molecule has 2 aromatic rings. The number of nitrogens with zero attached hydrogens (tertiary/aromatic N) is 2. The molecule has 3 heterocycles. The van der Waals surface area contributed by atoms with E-state index < -0.39 is 15.3 Å². The fourth-order valence-electron chi connectivity index (χ4n) is 9.49. The van der Waals surface area contributed by atoms with Crippen molar-refractivity contribution in [1.29, 1.82) is 0 Å². The predicted octanol–water partition coefficient (Wildman–Crippen LogP) is 5.86. The van der Waals surface area contributed by atoms with Gasteiger partial charge in [0.2, 0.25) is 0 Å². The van der Waals surface area contributed by atoms with Crippen molar-refractivity contribution in [2.45, 2.75) is 94.5 Å². The van der Waals surface area contributed by atoms with Gasteiger partial charge in [-0.15, -0.1) is 0 Å². The van der Waals surface area contributed by atoms with Crippen molar-refractivity contribution in [2.75, 3.05) is 50.8 Å². The van der Waals surface area contributed by atoms with E-state index in [4.69, 9.17) is 21.1 Å². The molecular formula is C39H54ClN3O5S. The maximum atomic E-state index is 13.9. The highest BCUT2D eigenvalue weighted by atomic mass is 35.5. The van der Waals surface area contributed by atoms with Crippen molar-refractivity contribution in [3.05, 3.63) is 58.1 Å². The average molecular weight is 712 g/mol. The molecule has 2 fully saturated rings. The number of hydrogen-bond donors (Lipinski definition) is 2. The zero-order valence-corrected chi connectivity index (χ0v) is 31.0. The fourth-order valence-corrected chi connectivity index (χ4v) is 11.2. The van der Waals surface area contributed by atoms with E-state index in [0.717, 1.165) is 87.6 Å². The predicted molar refractivity (Wildman–Crippen MR) is 198 cm³/mol. The summed E-state index contributed by atoms with van der Waals surface area (Å²) in [4.78, 5) is 18.6. The second kappa shape index (κ2) is 13.7. The molecule has 3 aliphatic heterocycles. The molecule has 49 heavy (non-hydrogen) atoms. The Bertz CT molecular complexity index is 1670. The van der Waals surface area contributed by atoms with E-state index in [1.165, 1.54) is 11.1 Å². The zero-order chi connectivity index (χ0) is 34.6. The summed E-state index contributed by atoms with van der Waals surface area (Å²) in [6.45, 7) is 11.1. The Morgan fingerprint density at radius 2 is 1.92 bits per heavy atom. The summed E-state index contributed by atoms with van der Waals surface area (Å²) in [5, 5.41) is 13.2. The minimum absolute atomic E-state index is 0.0587. The lowest BCUT2D eigenvalue weighted by atomic mass is 9.62. The van der Waals surface area contributed by atoms with Crippen molar-refractivity contribution in [2.24, 2.45) is 17.8 Å². The Hall–Kier alpha value is -2.30. The van der Waals surface area contributed by atoms with Crippen LogP contribution in [0.25, 0.3) is 0 Å². The number of fused-ring (bicyclic) bond motifs is 4. The molecule has 0 radical (unpaired) electrons. The van der Waals surface area contributed by atoms with Crippen molar-refractivity contribution >= 4 is 38.8 Å². The van der Waals surface area contributed by atoms with Crippen LogP contribution >= 0.6 is 11.6 Å². The average Bonchev–Trinajstić information content (AvgIpc) is 3.18. The number of β-amino-alcohol motifs (C(OH)–C–C–N with tert-alkyl or cyclic N) is 1. The van der Waals surface area contributed by atoms with Crippen LogP contribution in [-0.4, -0.2) is 88.9 Å². The van der Waals surface area contributed by atoms with Crippen LogP contribution in [0.15, 0.2) is 36.4 Å². The molecule has 2 bridgehead atoms. The second-order valence-corrected chi connectivity index (χ2v) is 18.8. The third kappa shape index (κ3) is 6.99. The van der Waals surface area contributed by atoms with E-state index in [9.17, 15) is 14.1 Å². The number of carbonyl (C=O) groups excluding carboxylic acids is 1. The molecule has 2 aromatic carbocycles. The first-order valence-corrected chi connectivity index (χ1v) is 20.6. The summed E-state index contributed by atoms with van der Waals surface area (Å²) in [5.41, 5.74) is 2.82. The lowest BCUT2D eigenvalue weighted by Crippen LogP contribution is -2.58. The van der Waals surface area contributed by atoms with Gasteiger partial charge in [-0.25, -0.2) is 4.21 Å².